The minimum absolute atomic E-state index is 0.351. The highest BCUT2D eigenvalue weighted by Crippen LogP contribution is 2.40. The molecule has 0 saturated heterocycles. The second-order valence-electron chi connectivity index (χ2n) is 7.97. The van der Waals surface area contributed by atoms with Gasteiger partial charge in [-0.1, -0.05) is 37.4 Å². The van der Waals surface area contributed by atoms with E-state index in [-0.39, 0.29) is 6.10 Å². The van der Waals surface area contributed by atoms with Gasteiger partial charge < -0.3 is 28.4 Å². The second-order valence-corrected chi connectivity index (χ2v) is 7.97. The van der Waals surface area contributed by atoms with Crippen molar-refractivity contribution in [1.29, 1.82) is 0 Å². The molecule has 0 aromatic heterocycles. The summed E-state index contributed by atoms with van der Waals surface area (Å²) in [6.45, 7) is 16.8. The number of carbonyl (C=O) groups excluding carboxylic acids is 2. The van der Waals surface area contributed by atoms with Crippen LogP contribution >= 0.6 is 0 Å². The van der Waals surface area contributed by atoms with Crippen LogP contribution in [0.5, 0.6) is 11.5 Å². The molecular weight excluding hydrogens is 476 g/mol. The molecule has 0 radical (unpaired) electrons. The highest BCUT2D eigenvalue weighted by molar-refractivity contribution is 5.81. The van der Waals surface area contributed by atoms with Crippen molar-refractivity contribution in [3.63, 3.8) is 0 Å². The molecule has 0 fully saturated rings. The monoisotopic (exact) mass is 512 g/mol. The number of rotatable bonds is 15. The first-order valence-electron chi connectivity index (χ1n) is 12.2. The lowest BCUT2D eigenvalue weighted by Crippen LogP contribution is -2.43. The van der Waals surface area contributed by atoms with Crippen molar-refractivity contribution >= 4 is 11.9 Å². The molecule has 0 saturated carbocycles. The summed E-state index contributed by atoms with van der Waals surface area (Å²) in [6, 6.07) is 14.7. The molecule has 2 aromatic rings. The fraction of sp³-hybridized carbons (Fsp3) is 0.379. The summed E-state index contributed by atoms with van der Waals surface area (Å²) in [6.07, 6.45) is 0.251. The molecule has 0 aliphatic heterocycles. The summed E-state index contributed by atoms with van der Waals surface area (Å²) in [5.41, 5.74) is 0.754. The Morgan fingerprint density at radius 2 is 1.16 bits per heavy atom. The zero-order valence-corrected chi connectivity index (χ0v) is 22.1. The summed E-state index contributed by atoms with van der Waals surface area (Å²) in [5.74, 6) is -0.0832. The molecule has 0 amide bonds. The predicted molar refractivity (Wildman–Crippen MR) is 139 cm³/mol. The fourth-order valence-corrected chi connectivity index (χ4v) is 3.93. The molecule has 8 heteroatoms. The van der Waals surface area contributed by atoms with Gasteiger partial charge in [-0.15, -0.1) is 0 Å². The van der Waals surface area contributed by atoms with E-state index in [2.05, 4.69) is 13.2 Å². The van der Waals surface area contributed by atoms with Gasteiger partial charge in [-0.05, 0) is 56.2 Å². The van der Waals surface area contributed by atoms with Gasteiger partial charge in [0.25, 0.3) is 0 Å². The number of esters is 2. The van der Waals surface area contributed by atoms with E-state index in [0.717, 1.165) is 23.3 Å². The van der Waals surface area contributed by atoms with Crippen LogP contribution in [0, 0.1) is 0 Å². The Kier molecular flexibility index (Phi) is 11.4. The largest absolute Gasteiger partial charge is 0.455 e. The zero-order chi connectivity index (χ0) is 27.4. The highest BCUT2D eigenvalue weighted by atomic mass is 16.7. The number of hydrogen-bond acceptors (Lipinski definition) is 8. The normalized spacial score (nSPS) is 14.8. The van der Waals surface area contributed by atoms with Crippen LogP contribution in [0.3, 0.4) is 0 Å². The molecule has 2 aromatic carbocycles. The molecule has 37 heavy (non-hydrogen) atoms. The number of ether oxygens (including phenoxy) is 6. The first-order chi connectivity index (χ1) is 17.7. The smallest absolute Gasteiger partial charge is 0.333 e. The van der Waals surface area contributed by atoms with Crippen molar-refractivity contribution < 1.29 is 38.0 Å². The van der Waals surface area contributed by atoms with Crippen LogP contribution in [-0.2, 0) is 34.1 Å². The first kappa shape index (κ1) is 29.6. The van der Waals surface area contributed by atoms with E-state index >= 15 is 0 Å². The molecular formula is C29H36O8. The van der Waals surface area contributed by atoms with E-state index in [9.17, 15) is 9.59 Å². The Morgan fingerprint density at radius 3 is 1.49 bits per heavy atom. The Morgan fingerprint density at radius 1 is 0.757 bits per heavy atom. The van der Waals surface area contributed by atoms with Gasteiger partial charge in [-0.3, -0.25) is 0 Å². The third-order valence-corrected chi connectivity index (χ3v) is 5.43. The Bertz CT molecular complexity index is 955. The SMILES string of the molecule is C=CC(=O)OC(C)Oc1ccc(C(OCC)(c2ccc(OC(C)OC(=O)C=C)cc2)C(C)OCC)cc1. The van der Waals surface area contributed by atoms with Gasteiger partial charge in [-0.25, -0.2) is 9.59 Å². The Balaban J connectivity index is 2.38. The van der Waals surface area contributed by atoms with Crippen molar-refractivity contribution in [2.24, 2.45) is 0 Å². The van der Waals surface area contributed by atoms with Crippen LogP contribution in [-0.4, -0.2) is 43.8 Å². The topological polar surface area (TPSA) is 89.5 Å². The number of carbonyl (C=O) groups is 2. The molecule has 2 rings (SSSR count). The summed E-state index contributed by atoms with van der Waals surface area (Å²) >= 11 is 0. The molecule has 0 bridgehead atoms. The van der Waals surface area contributed by atoms with Crippen LogP contribution < -0.4 is 9.47 Å². The van der Waals surface area contributed by atoms with Crippen LogP contribution in [0.15, 0.2) is 73.8 Å². The van der Waals surface area contributed by atoms with Gasteiger partial charge in [0, 0.05) is 39.2 Å². The van der Waals surface area contributed by atoms with E-state index in [1.807, 2.05) is 45.0 Å². The maximum Gasteiger partial charge on any atom is 0.333 e. The number of benzene rings is 2. The Labute approximate surface area is 218 Å². The number of hydrogen-bond donors (Lipinski definition) is 0. The van der Waals surface area contributed by atoms with Crippen molar-refractivity contribution in [2.45, 2.75) is 58.9 Å². The quantitative estimate of drug-likeness (QED) is 0.180. The molecule has 3 atom stereocenters. The minimum atomic E-state index is -0.941. The van der Waals surface area contributed by atoms with E-state index in [1.54, 1.807) is 38.1 Å². The molecule has 0 heterocycles. The molecule has 0 spiro atoms. The third-order valence-electron chi connectivity index (χ3n) is 5.43. The van der Waals surface area contributed by atoms with Crippen molar-refractivity contribution in [3.05, 3.63) is 85.0 Å². The fourth-order valence-electron chi connectivity index (χ4n) is 3.93. The molecule has 0 aliphatic carbocycles. The van der Waals surface area contributed by atoms with Gasteiger partial charge in [-0.2, -0.15) is 0 Å². The zero-order valence-electron chi connectivity index (χ0n) is 22.1. The Hall–Kier alpha value is -3.62. The lowest BCUT2D eigenvalue weighted by atomic mass is 9.81. The van der Waals surface area contributed by atoms with Crippen molar-refractivity contribution in [2.75, 3.05) is 13.2 Å². The molecule has 3 unspecified atom stereocenters. The summed E-state index contributed by atoms with van der Waals surface area (Å²) in [5, 5.41) is 0. The molecule has 200 valence electrons. The summed E-state index contributed by atoms with van der Waals surface area (Å²) in [7, 11) is 0. The molecule has 0 N–H and O–H groups in total. The first-order valence-corrected chi connectivity index (χ1v) is 12.2. The van der Waals surface area contributed by atoms with E-state index < -0.39 is 30.1 Å². The standard InChI is InChI=1S/C29H36O8/c1-8-27(30)36-21(6)34-25-16-12-23(13-17-25)29(33-11-4,20(5)32-10-3)24-14-18-26(19-15-24)35-22(7)37-28(31)9-2/h8-9,12-22H,1-2,10-11H2,3-7H3. The van der Waals surface area contributed by atoms with Crippen LogP contribution in [0.25, 0.3) is 0 Å². The third kappa shape index (κ3) is 7.93. The lowest BCUT2D eigenvalue weighted by molar-refractivity contribution is -0.156. The van der Waals surface area contributed by atoms with Crippen LogP contribution in [0.4, 0.5) is 0 Å². The summed E-state index contributed by atoms with van der Waals surface area (Å²) < 4.78 is 34.0. The van der Waals surface area contributed by atoms with E-state index in [4.69, 9.17) is 28.4 Å². The maximum absolute atomic E-state index is 11.4. The maximum atomic E-state index is 11.4. The molecule has 8 nitrogen and oxygen atoms in total. The van der Waals surface area contributed by atoms with Gasteiger partial charge in [0.15, 0.2) is 0 Å². The lowest BCUT2D eigenvalue weighted by Gasteiger charge is -2.39. The van der Waals surface area contributed by atoms with Crippen molar-refractivity contribution in [3.8, 4) is 11.5 Å². The summed E-state index contributed by atoms with van der Waals surface area (Å²) in [4.78, 5) is 22.8. The average Bonchev–Trinajstić information content (AvgIpc) is 2.88. The van der Waals surface area contributed by atoms with Crippen LogP contribution in [0.2, 0.25) is 0 Å². The van der Waals surface area contributed by atoms with E-state index in [1.165, 1.54) is 0 Å². The highest BCUT2D eigenvalue weighted by Gasteiger charge is 2.41. The van der Waals surface area contributed by atoms with Gasteiger partial charge in [0.2, 0.25) is 12.6 Å². The predicted octanol–water partition coefficient (Wildman–Crippen LogP) is 5.30. The van der Waals surface area contributed by atoms with E-state index in [0.29, 0.717) is 24.7 Å². The van der Waals surface area contributed by atoms with Gasteiger partial charge in [0.1, 0.15) is 17.1 Å². The van der Waals surface area contributed by atoms with Gasteiger partial charge in [0.05, 0.1) is 6.10 Å². The molecule has 0 aliphatic rings. The average molecular weight is 513 g/mol. The van der Waals surface area contributed by atoms with Crippen LogP contribution in [0.1, 0.15) is 45.7 Å². The second kappa shape index (κ2) is 14.2. The van der Waals surface area contributed by atoms with Crippen molar-refractivity contribution in [1.82, 2.24) is 0 Å². The van der Waals surface area contributed by atoms with Gasteiger partial charge >= 0.3 is 11.9 Å². The minimum Gasteiger partial charge on any atom is -0.455 e.